The SMILES string of the molecule is CCC(=O)O[C@H](CN)C(=O)O[C@H]1C[C@@]2(O)CC[C@@](C)([C@@H](O)C[C@H]3OC[C@@H]3OC(C)=O)C(=O)[C@H](OC(C)=O)C(=C1C)C2(C)C. The fourth-order valence-corrected chi connectivity index (χ4v) is 6.33. The molecule has 3 rings (SSSR count). The molecule has 2 fully saturated rings. The first-order chi connectivity index (χ1) is 19.9. The molecule has 13 heteroatoms. The van der Waals surface area contributed by atoms with Gasteiger partial charge in [0, 0.05) is 45.1 Å². The van der Waals surface area contributed by atoms with Crippen molar-refractivity contribution in [3.8, 4) is 0 Å². The maximum absolute atomic E-state index is 14.4. The number of esters is 4. The van der Waals surface area contributed by atoms with Crippen molar-refractivity contribution in [2.24, 2.45) is 16.6 Å². The zero-order valence-corrected chi connectivity index (χ0v) is 26.0. The number of hydrogen-bond donors (Lipinski definition) is 3. The summed E-state index contributed by atoms with van der Waals surface area (Å²) in [4.78, 5) is 63.0. The molecule has 13 nitrogen and oxygen atoms in total. The number of hydrogen-bond acceptors (Lipinski definition) is 13. The summed E-state index contributed by atoms with van der Waals surface area (Å²) < 4.78 is 27.2. The lowest BCUT2D eigenvalue weighted by Gasteiger charge is -2.55. The Kier molecular flexibility index (Phi) is 10.5. The minimum Gasteiger partial charge on any atom is -0.457 e. The molecule has 8 atom stereocenters. The molecule has 1 saturated heterocycles. The number of Topliss-reactive ketones (excluding diaryl/α,β-unsaturated/α-hetero) is 1. The molecule has 0 unspecified atom stereocenters. The highest BCUT2D eigenvalue weighted by Crippen LogP contribution is 2.56. The maximum atomic E-state index is 14.4. The number of ketones is 1. The van der Waals surface area contributed by atoms with Gasteiger partial charge in [-0.05, 0) is 37.8 Å². The molecule has 1 saturated carbocycles. The van der Waals surface area contributed by atoms with Crippen LogP contribution in [-0.2, 0) is 47.7 Å². The summed E-state index contributed by atoms with van der Waals surface area (Å²) in [5.74, 6) is -3.40. The van der Waals surface area contributed by atoms with Crippen LogP contribution in [0.25, 0.3) is 0 Å². The van der Waals surface area contributed by atoms with Crippen molar-refractivity contribution in [1.29, 1.82) is 0 Å². The van der Waals surface area contributed by atoms with Crippen LogP contribution >= 0.6 is 0 Å². The molecule has 0 aromatic heterocycles. The lowest BCUT2D eigenvalue weighted by molar-refractivity contribution is -0.208. The standard InChI is InChI=1S/C30H45NO12/c1-8-23(35)42-20(13-31)27(37)43-19-12-30(38)10-9-29(7,22(34)11-18-21(14-39-18)40-16(3)32)26(36)25(41-17(4)33)24(15(19)2)28(30,5)6/h18-22,25,34,38H,8-14,31H2,1-7H3/t18-,19+,20-,21+,22+,25-,29+,30+/m1/s1. The van der Waals surface area contributed by atoms with E-state index in [1.807, 2.05) is 0 Å². The smallest absolute Gasteiger partial charge is 0.349 e. The van der Waals surface area contributed by atoms with E-state index >= 15 is 0 Å². The summed E-state index contributed by atoms with van der Waals surface area (Å²) in [6.45, 7) is 10.5. The molecule has 242 valence electrons. The molecule has 0 aromatic carbocycles. The zero-order chi connectivity index (χ0) is 32.5. The number of carbonyl (C=O) groups is 5. The molecule has 0 radical (unpaired) electrons. The summed E-state index contributed by atoms with van der Waals surface area (Å²) in [5.41, 5.74) is 2.09. The second-order valence-corrected chi connectivity index (χ2v) is 12.5. The average molecular weight is 612 g/mol. The van der Waals surface area contributed by atoms with Gasteiger partial charge in [0.2, 0.25) is 6.10 Å². The van der Waals surface area contributed by atoms with E-state index in [2.05, 4.69) is 0 Å². The van der Waals surface area contributed by atoms with Crippen LogP contribution in [0.1, 0.15) is 80.6 Å². The topological polar surface area (TPSA) is 198 Å². The first kappa shape index (κ1) is 34.6. The van der Waals surface area contributed by atoms with Gasteiger partial charge in [0.25, 0.3) is 0 Å². The van der Waals surface area contributed by atoms with Crippen LogP contribution in [0.15, 0.2) is 11.1 Å². The first-order valence-electron chi connectivity index (χ1n) is 14.6. The van der Waals surface area contributed by atoms with Crippen LogP contribution in [0.3, 0.4) is 0 Å². The molecule has 4 N–H and O–H groups in total. The number of aliphatic hydroxyl groups is 2. The largest absolute Gasteiger partial charge is 0.457 e. The van der Waals surface area contributed by atoms with Crippen LogP contribution in [-0.4, -0.2) is 95.3 Å². The van der Waals surface area contributed by atoms with E-state index in [4.69, 9.17) is 29.4 Å². The molecular formula is C30H45NO12. The normalized spacial score (nSPS) is 33.2. The number of ether oxygens (including phenoxy) is 5. The Morgan fingerprint density at radius 2 is 1.70 bits per heavy atom. The molecule has 3 aliphatic rings. The number of carbonyl (C=O) groups excluding carboxylic acids is 5. The van der Waals surface area contributed by atoms with Crippen molar-refractivity contribution in [1.82, 2.24) is 0 Å². The van der Waals surface area contributed by atoms with Gasteiger partial charge in [-0.1, -0.05) is 20.8 Å². The van der Waals surface area contributed by atoms with E-state index < -0.39 is 82.7 Å². The van der Waals surface area contributed by atoms with E-state index in [1.54, 1.807) is 34.6 Å². The molecule has 2 bridgehead atoms. The highest BCUT2D eigenvalue weighted by Gasteiger charge is 2.61. The van der Waals surface area contributed by atoms with E-state index in [-0.39, 0.29) is 50.8 Å². The quantitative estimate of drug-likeness (QED) is 0.180. The molecule has 1 heterocycles. The van der Waals surface area contributed by atoms with Crippen molar-refractivity contribution in [2.45, 2.75) is 123 Å². The molecule has 2 aliphatic carbocycles. The van der Waals surface area contributed by atoms with E-state index in [9.17, 15) is 34.2 Å². The minimum atomic E-state index is -1.58. The van der Waals surface area contributed by atoms with Crippen LogP contribution in [0, 0.1) is 10.8 Å². The lowest BCUT2D eigenvalue weighted by atomic mass is 9.54. The van der Waals surface area contributed by atoms with Crippen molar-refractivity contribution >= 4 is 29.7 Å². The summed E-state index contributed by atoms with van der Waals surface area (Å²) in [6.07, 6.45) is -6.53. The summed E-state index contributed by atoms with van der Waals surface area (Å²) in [5, 5.41) is 23.6. The molecule has 0 amide bonds. The Morgan fingerprint density at radius 1 is 1.07 bits per heavy atom. The van der Waals surface area contributed by atoms with Crippen molar-refractivity contribution < 1.29 is 57.9 Å². The van der Waals surface area contributed by atoms with Crippen molar-refractivity contribution in [3.63, 3.8) is 0 Å². The Labute approximate surface area is 251 Å². The monoisotopic (exact) mass is 611 g/mol. The molecule has 1 aliphatic heterocycles. The highest BCUT2D eigenvalue weighted by molar-refractivity contribution is 5.94. The number of rotatable bonds is 10. The summed E-state index contributed by atoms with van der Waals surface area (Å²) in [6, 6.07) is 0. The second kappa shape index (κ2) is 13.0. The Balaban J connectivity index is 2.03. The maximum Gasteiger partial charge on any atom is 0.349 e. The van der Waals surface area contributed by atoms with Gasteiger partial charge in [0.05, 0.1) is 29.8 Å². The second-order valence-electron chi connectivity index (χ2n) is 12.5. The van der Waals surface area contributed by atoms with Gasteiger partial charge in [-0.2, -0.15) is 0 Å². The minimum absolute atomic E-state index is 0.0117. The summed E-state index contributed by atoms with van der Waals surface area (Å²) >= 11 is 0. The third-order valence-electron chi connectivity index (χ3n) is 9.37. The predicted molar refractivity (Wildman–Crippen MR) is 149 cm³/mol. The highest BCUT2D eigenvalue weighted by atomic mass is 16.6. The molecule has 0 aromatic rings. The van der Waals surface area contributed by atoms with Gasteiger partial charge >= 0.3 is 23.9 Å². The fourth-order valence-electron chi connectivity index (χ4n) is 6.33. The molecular weight excluding hydrogens is 566 g/mol. The Hall–Kier alpha value is -2.87. The van der Waals surface area contributed by atoms with Crippen LogP contribution in [0.4, 0.5) is 0 Å². The Bertz CT molecular complexity index is 1160. The van der Waals surface area contributed by atoms with Crippen LogP contribution in [0.5, 0.6) is 0 Å². The van der Waals surface area contributed by atoms with Gasteiger partial charge in [-0.15, -0.1) is 0 Å². The third-order valence-corrected chi connectivity index (χ3v) is 9.37. The zero-order valence-electron chi connectivity index (χ0n) is 26.0. The van der Waals surface area contributed by atoms with Gasteiger partial charge in [0.1, 0.15) is 6.10 Å². The van der Waals surface area contributed by atoms with E-state index in [0.717, 1.165) is 6.92 Å². The number of fused-ring (bicyclic) bond motifs is 2. The van der Waals surface area contributed by atoms with Gasteiger partial charge in [0.15, 0.2) is 18.0 Å². The van der Waals surface area contributed by atoms with Crippen molar-refractivity contribution in [2.75, 3.05) is 13.2 Å². The van der Waals surface area contributed by atoms with E-state index in [0.29, 0.717) is 5.57 Å². The van der Waals surface area contributed by atoms with Gasteiger partial charge in [-0.3, -0.25) is 19.2 Å². The summed E-state index contributed by atoms with van der Waals surface area (Å²) in [7, 11) is 0. The number of nitrogens with two attached hydrogens (primary N) is 1. The van der Waals surface area contributed by atoms with Crippen LogP contribution in [0.2, 0.25) is 0 Å². The average Bonchev–Trinajstić information content (AvgIpc) is 2.92. The van der Waals surface area contributed by atoms with Gasteiger partial charge in [-0.25, -0.2) is 4.79 Å². The molecule has 43 heavy (non-hydrogen) atoms. The predicted octanol–water partition coefficient (Wildman–Crippen LogP) is 1.04. The number of aliphatic hydroxyl groups excluding tert-OH is 1. The van der Waals surface area contributed by atoms with Crippen LogP contribution < -0.4 is 5.73 Å². The van der Waals surface area contributed by atoms with Gasteiger partial charge < -0.3 is 39.6 Å². The first-order valence-corrected chi connectivity index (χ1v) is 14.6. The molecule has 0 spiro atoms. The lowest BCUT2D eigenvalue weighted by Crippen LogP contribution is -2.61. The third kappa shape index (κ3) is 6.79. The van der Waals surface area contributed by atoms with Crippen molar-refractivity contribution in [3.05, 3.63) is 11.1 Å². The van der Waals surface area contributed by atoms with E-state index in [1.165, 1.54) is 6.92 Å². The fraction of sp³-hybridized carbons (Fsp3) is 0.767. The Morgan fingerprint density at radius 3 is 2.21 bits per heavy atom.